The van der Waals surface area contributed by atoms with Crippen LogP contribution >= 0.6 is 0 Å². The molecule has 0 bridgehead atoms. The number of aromatic hydroxyl groups is 1. The van der Waals surface area contributed by atoms with Crippen LogP contribution in [0.15, 0.2) is 34.7 Å². The maximum absolute atomic E-state index is 13.0. The summed E-state index contributed by atoms with van der Waals surface area (Å²) in [6.45, 7) is 7.46. The first kappa shape index (κ1) is 17.5. The van der Waals surface area contributed by atoms with Crippen LogP contribution in [0, 0.1) is 20.8 Å². The molecule has 27 heavy (non-hydrogen) atoms. The van der Waals surface area contributed by atoms with Crippen LogP contribution in [0.4, 0.5) is 5.88 Å². The van der Waals surface area contributed by atoms with Gasteiger partial charge in [0.05, 0.1) is 0 Å². The molecule has 0 saturated heterocycles. The number of hydrogen-bond acceptors (Lipinski definition) is 4. The molecule has 0 fully saturated rings. The zero-order valence-electron chi connectivity index (χ0n) is 16.0. The number of anilines is 1. The molecule has 5 heteroatoms. The average Bonchev–Trinajstić information content (AvgIpc) is 3.06. The van der Waals surface area contributed by atoms with Crippen LogP contribution in [0.1, 0.15) is 35.6 Å². The van der Waals surface area contributed by atoms with Crippen molar-refractivity contribution in [3.8, 4) is 11.5 Å². The first-order valence-electron chi connectivity index (χ1n) is 9.11. The zero-order valence-corrected chi connectivity index (χ0v) is 16.0. The monoisotopic (exact) mass is 365 g/mol. The number of amides is 1. The van der Waals surface area contributed by atoms with E-state index in [1.165, 1.54) is 0 Å². The van der Waals surface area contributed by atoms with Crippen molar-refractivity contribution >= 4 is 22.8 Å². The van der Waals surface area contributed by atoms with Gasteiger partial charge in [0.1, 0.15) is 17.1 Å². The molecule has 1 atom stereocenters. The number of ether oxygens (including phenoxy) is 1. The molecule has 1 aromatic heterocycles. The van der Waals surface area contributed by atoms with Crippen LogP contribution in [0.2, 0.25) is 0 Å². The lowest BCUT2D eigenvalue weighted by Gasteiger charge is -2.36. The van der Waals surface area contributed by atoms with Gasteiger partial charge >= 0.3 is 0 Å². The standard InChI is InChI=1S/C22H23NO4/c1-12-13(2)20-16(14(3)19(12)24)9-10-22(4,27-20)21(25)23-18-11-15-7-5-6-8-17(15)26-18/h5-8,11,24H,9-10H2,1-4H3,(H,23,25). The molecule has 2 heterocycles. The summed E-state index contributed by atoms with van der Waals surface area (Å²) in [7, 11) is 0. The fourth-order valence-corrected chi connectivity index (χ4v) is 3.70. The van der Waals surface area contributed by atoms with E-state index in [1.807, 2.05) is 51.1 Å². The SMILES string of the molecule is Cc1c(C)c2c(c(C)c1O)CCC(C)(C(=O)Nc1cc3ccccc3o1)O2. The molecule has 2 N–H and O–H groups in total. The molecule has 0 spiro atoms. The Morgan fingerprint density at radius 2 is 1.89 bits per heavy atom. The van der Waals surface area contributed by atoms with Crippen LogP contribution in [0.5, 0.6) is 11.5 Å². The molecule has 0 saturated carbocycles. The number of furan rings is 1. The smallest absolute Gasteiger partial charge is 0.270 e. The third-order valence-corrected chi connectivity index (χ3v) is 5.66. The lowest BCUT2D eigenvalue weighted by molar-refractivity contribution is -0.131. The van der Waals surface area contributed by atoms with Gasteiger partial charge < -0.3 is 14.3 Å². The lowest BCUT2D eigenvalue weighted by atomic mass is 9.86. The van der Waals surface area contributed by atoms with E-state index >= 15 is 0 Å². The Morgan fingerprint density at radius 3 is 2.63 bits per heavy atom. The van der Waals surface area contributed by atoms with Crippen LogP contribution in [0.3, 0.4) is 0 Å². The largest absolute Gasteiger partial charge is 0.507 e. The van der Waals surface area contributed by atoms with Crippen LogP contribution in [-0.2, 0) is 11.2 Å². The molecule has 5 nitrogen and oxygen atoms in total. The Hall–Kier alpha value is -2.95. The minimum absolute atomic E-state index is 0.241. The molecular formula is C22H23NO4. The number of nitrogens with one attached hydrogen (secondary N) is 1. The van der Waals surface area contributed by atoms with Gasteiger partial charge in [-0.3, -0.25) is 10.1 Å². The number of phenols is 1. The van der Waals surface area contributed by atoms with Gasteiger partial charge in [0.25, 0.3) is 5.91 Å². The Labute approximate surface area is 157 Å². The second-order valence-corrected chi connectivity index (χ2v) is 7.47. The van der Waals surface area contributed by atoms with Crippen molar-refractivity contribution in [2.75, 3.05) is 5.32 Å². The summed E-state index contributed by atoms with van der Waals surface area (Å²) >= 11 is 0. The van der Waals surface area contributed by atoms with Gasteiger partial charge in [-0.15, -0.1) is 0 Å². The Kier molecular flexibility index (Phi) is 3.91. The predicted molar refractivity (Wildman–Crippen MR) is 105 cm³/mol. The van der Waals surface area contributed by atoms with Crippen LogP contribution < -0.4 is 10.1 Å². The molecule has 1 aliphatic rings. The van der Waals surface area contributed by atoms with Crippen molar-refractivity contribution in [3.63, 3.8) is 0 Å². The Bertz CT molecular complexity index is 1030. The molecule has 3 aromatic rings. The van der Waals surface area contributed by atoms with E-state index in [2.05, 4.69) is 5.32 Å². The van der Waals surface area contributed by atoms with Crippen molar-refractivity contribution in [1.82, 2.24) is 0 Å². The molecule has 0 radical (unpaired) electrons. The molecule has 1 amide bonds. The Balaban J connectivity index is 1.63. The number of carbonyl (C=O) groups excluding carboxylic acids is 1. The van der Waals surface area contributed by atoms with E-state index in [0.29, 0.717) is 30.2 Å². The summed E-state index contributed by atoms with van der Waals surface area (Å²) in [5.74, 6) is 1.18. The van der Waals surface area contributed by atoms with E-state index < -0.39 is 5.60 Å². The highest BCUT2D eigenvalue weighted by Crippen LogP contribution is 2.43. The molecule has 2 aromatic carbocycles. The van der Waals surface area contributed by atoms with Gasteiger partial charge in [-0.25, -0.2) is 0 Å². The average molecular weight is 365 g/mol. The molecule has 1 unspecified atom stereocenters. The first-order valence-corrected chi connectivity index (χ1v) is 9.11. The van der Waals surface area contributed by atoms with Crippen LogP contribution in [-0.4, -0.2) is 16.6 Å². The second-order valence-electron chi connectivity index (χ2n) is 7.47. The third-order valence-electron chi connectivity index (χ3n) is 5.66. The highest BCUT2D eigenvalue weighted by Gasteiger charge is 2.41. The first-order chi connectivity index (χ1) is 12.8. The minimum Gasteiger partial charge on any atom is -0.507 e. The maximum atomic E-state index is 13.0. The normalized spacial score (nSPS) is 18.8. The van der Waals surface area contributed by atoms with Crippen molar-refractivity contribution in [1.29, 1.82) is 0 Å². The van der Waals surface area contributed by atoms with E-state index in [0.717, 1.165) is 33.2 Å². The third kappa shape index (κ3) is 2.74. The quantitative estimate of drug-likeness (QED) is 0.685. The highest BCUT2D eigenvalue weighted by molar-refractivity contribution is 5.98. The minimum atomic E-state index is -1.01. The number of rotatable bonds is 2. The van der Waals surface area contributed by atoms with Gasteiger partial charge in [-0.05, 0) is 56.9 Å². The fraction of sp³-hybridized carbons (Fsp3) is 0.318. The number of fused-ring (bicyclic) bond motifs is 2. The van der Waals surface area contributed by atoms with Crippen molar-refractivity contribution in [3.05, 3.63) is 52.6 Å². The second kappa shape index (κ2) is 6.05. The van der Waals surface area contributed by atoms with Gasteiger partial charge in [0.2, 0.25) is 5.88 Å². The molecule has 140 valence electrons. The summed E-state index contributed by atoms with van der Waals surface area (Å²) in [6.07, 6.45) is 1.19. The number of hydrogen-bond donors (Lipinski definition) is 2. The van der Waals surface area contributed by atoms with E-state index in [9.17, 15) is 9.90 Å². The molecule has 1 aliphatic heterocycles. The van der Waals surface area contributed by atoms with E-state index in [1.54, 1.807) is 6.92 Å². The summed E-state index contributed by atoms with van der Waals surface area (Å²) < 4.78 is 11.9. The van der Waals surface area contributed by atoms with Crippen molar-refractivity contribution < 1.29 is 19.1 Å². The number of benzene rings is 2. The molecular weight excluding hydrogens is 342 g/mol. The summed E-state index contributed by atoms with van der Waals surface area (Å²) in [4.78, 5) is 13.0. The number of phenolic OH excluding ortho intramolecular Hbond substituents is 1. The zero-order chi connectivity index (χ0) is 19.3. The topological polar surface area (TPSA) is 71.7 Å². The van der Waals surface area contributed by atoms with Gasteiger partial charge in [-0.2, -0.15) is 0 Å². The van der Waals surface area contributed by atoms with Crippen molar-refractivity contribution in [2.45, 2.75) is 46.1 Å². The highest BCUT2D eigenvalue weighted by atomic mass is 16.5. The van der Waals surface area contributed by atoms with Crippen LogP contribution in [0.25, 0.3) is 11.0 Å². The fourth-order valence-electron chi connectivity index (χ4n) is 3.70. The number of carbonyl (C=O) groups is 1. The summed E-state index contributed by atoms with van der Waals surface area (Å²) in [5, 5.41) is 14.1. The number of para-hydroxylation sites is 1. The van der Waals surface area contributed by atoms with Gasteiger partial charge in [-0.1, -0.05) is 18.2 Å². The van der Waals surface area contributed by atoms with E-state index in [4.69, 9.17) is 9.15 Å². The van der Waals surface area contributed by atoms with Crippen molar-refractivity contribution in [2.24, 2.45) is 0 Å². The summed E-state index contributed by atoms with van der Waals surface area (Å²) in [6, 6.07) is 9.43. The maximum Gasteiger partial charge on any atom is 0.270 e. The predicted octanol–water partition coefficient (Wildman–Crippen LogP) is 4.79. The van der Waals surface area contributed by atoms with Gasteiger partial charge in [0, 0.05) is 23.4 Å². The molecule has 0 aliphatic carbocycles. The summed E-state index contributed by atoms with van der Waals surface area (Å²) in [5.41, 5.74) is 3.18. The van der Waals surface area contributed by atoms with Gasteiger partial charge in [0.15, 0.2) is 5.60 Å². The Morgan fingerprint density at radius 1 is 1.15 bits per heavy atom. The van der Waals surface area contributed by atoms with E-state index in [-0.39, 0.29) is 5.91 Å². The molecule has 4 rings (SSSR count). The lowest BCUT2D eigenvalue weighted by Crippen LogP contribution is -2.48.